The van der Waals surface area contributed by atoms with Gasteiger partial charge in [-0.05, 0) is 43.4 Å². The van der Waals surface area contributed by atoms with E-state index in [0.717, 1.165) is 18.4 Å². The van der Waals surface area contributed by atoms with E-state index in [2.05, 4.69) is 0 Å². The van der Waals surface area contributed by atoms with E-state index >= 15 is 0 Å². The van der Waals surface area contributed by atoms with Crippen molar-refractivity contribution in [2.24, 2.45) is 0 Å². The summed E-state index contributed by atoms with van der Waals surface area (Å²) in [5.41, 5.74) is 0.878. The zero-order valence-electron chi connectivity index (χ0n) is 11.2. The lowest BCUT2D eigenvalue weighted by Gasteiger charge is -2.33. The second kappa shape index (κ2) is 6.50. The monoisotopic (exact) mass is 279 g/mol. The van der Waals surface area contributed by atoms with E-state index in [1.165, 1.54) is 17.0 Å². The van der Waals surface area contributed by atoms with Crippen molar-refractivity contribution in [3.8, 4) is 0 Å². The first-order valence-corrected chi connectivity index (χ1v) is 6.84. The Hall–Kier alpha value is -1.91. The van der Waals surface area contributed by atoms with Crippen LogP contribution in [0.1, 0.15) is 31.2 Å². The molecule has 0 bridgehead atoms. The Kier molecular flexibility index (Phi) is 4.71. The second-order valence-electron chi connectivity index (χ2n) is 5.06. The molecule has 0 saturated carbocycles. The molecule has 1 aromatic carbocycles. The molecule has 2 rings (SSSR count). The number of rotatable bonds is 4. The number of carboxylic acid groups (broad SMARTS) is 1. The number of hydrogen-bond acceptors (Lipinski definition) is 2. The molecule has 1 N–H and O–H groups in total. The number of likely N-dealkylation sites (tertiary alicyclic amines) is 1. The standard InChI is InChI=1S/C15H18FNO3/c16-12-7-4-11(5-8-12)6-9-14(18)17-10-2-1-3-13(17)15(19)20/h4-5,7-8,13H,1-3,6,9-10H2,(H,19,20)/t13-/m1/s1. The lowest BCUT2D eigenvalue weighted by atomic mass is 10.0. The predicted octanol–water partition coefficient (Wildman–Crippen LogP) is 2.22. The molecule has 0 aromatic heterocycles. The van der Waals surface area contributed by atoms with Crippen LogP contribution in [0.2, 0.25) is 0 Å². The Balaban J connectivity index is 1.93. The molecular formula is C15H18FNO3. The van der Waals surface area contributed by atoms with Crippen LogP contribution in [0.25, 0.3) is 0 Å². The maximum Gasteiger partial charge on any atom is 0.326 e. The minimum absolute atomic E-state index is 0.138. The van der Waals surface area contributed by atoms with Crippen LogP contribution in [0.4, 0.5) is 4.39 Å². The normalized spacial score (nSPS) is 18.9. The number of aryl methyl sites for hydroxylation is 1. The van der Waals surface area contributed by atoms with E-state index in [-0.39, 0.29) is 18.1 Å². The van der Waals surface area contributed by atoms with Crippen LogP contribution in [0.3, 0.4) is 0 Å². The fourth-order valence-corrected chi connectivity index (χ4v) is 2.53. The van der Waals surface area contributed by atoms with Crippen LogP contribution < -0.4 is 0 Å². The molecule has 1 aliphatic rings. The highest BCUT2D eigenvalue weighted by atomic mass is 19.1. The fourth-order valence-electron chi connectivity index (χ4n) is 2.53. The van der Waals surface area contributed by atoms with Crippen molar-refractivity contribution in [1.82, 2.24) is 4.90 Å². The summed E-state index contributed by atoms with van der Waals surface area (Å²) in [5, 5.41) is 9.14. The lowest BCUT2D eigenvalue weighted by molar-refractivity contribution is -0.152. The maximum absolute atomic E-state index is 12.8. The Labute approximate surface area is 117 Å². The molecule has 0 aliphatic carbocycles. The third kappa shape index (κ3) is 3.56. The SMILES string of the molecule is O=C(O)[C@H]1CCCCN1C(=O)CCc1ccc(F)cc1. The first-order chi connectivity index (χ1) is 9.58. The van der Waals surface area contributed by atoms with Crippen LogP contribution in [0, 0.1) is 5.82 Å². The number of aliphatic carboxylic acids is 1. The minimum atomic E-state index is -0.931. The third-order valence-corrected chi connectivity index (χ3v) is 3.65. The van der Waals surface area contributed by atoms with Crippen molar-refractivity contribution in [2.45, 2.75) is 38.1 Å². The molecule has 1 heterocycles. The molecule has 20 heavy (non-hydrogen) atoms. The first-order valence-electron chi connectivity index (χ1n) is 6.84. The molecule has 0 radical (unpaired) electrons. The maximum atomic E-state index is 12.8. The third-order valence-electron chi connectivity index (χ3n) is 3.65. The summed E-state index contributed by atoms with van der Waals surface area (Å²) in [4.78, 5) is 24.8. The van der Waals surface area contributed by atoms with Gasteiger partial charge in [-0.1, -0.05) is 12.1 Å². The second-order valence-corrected chi connectivity index (χ2v) is 5.06. The Morgan fingerprint density at radius 2 is 1.95 bits per heavy atom. The highest BCUT2D eigenvalue weighted by Crippen LogP contribution is 2.19. The van der Waals surface area contributed by atoms with Crippen molar-refractivity contribution < 1.29 is 19.1 Å². The smallest absolute Gasteiger partial charge is 0.326 e. The topological polar surface area (TPSA) is 57.6 Å². The van der Waals surface area contributed by atoms with Crippen LogP contribution in [-0.4, -0.2) is 34.5 Å². The number of hydrogen-bond donors (Lipinski definition) is 1. The van der Waals surface area contributed by atoms with Gasteiger partial charge in [0.2, 0.25) is 5.91 Å². The van der Waals surface area contributed by atoms with Crippen molar-refractivity contribution in [3.05, 3.63) is 35.6 Å². The predicted molar refractivity (Wildman–Crippen MR) is 71.7 cm³/mol. The van der Waals surface area contributed by atoms with E-state index in [9.17, 15) is 14.0 Å². The summed E-state index contributed by atoms with van der Waals surface area (Å²) in [6.07, 6.45) is 2.99. The zero-order chi connectivity index (χ0) is 14.5. The van der Waals surface area contributed by atoms with Gasteiger partial charge in [0.05, 0.1) is 0 Å². The molecule has 1 atom stereocenters. The Morgan fingerprint density at radius 3 is 2.60 bits per heavy atom. The van der Waals surface area contributed by atoms with Crippen molar-refractivity contribution in [1.29, 1.82) is 0 Å². The number of carboxylic acids is 1. The van der Waals surface area contributed by atoms with Gasteiger partial charge in [0.15, 0.2) is 0 Å². The summed E-state index contributed by atoms with van der Waals surface area (Å²) < 4.78 is 12.8. The summed E-state index contributed by atoms with van der Waals surface area (Å²) in [7, 11) is 0. The average Bonchev–Trinajstić information content (AvgIpc) is 2.46. The molecule has 0 unspecified atom stereocenters. The summed E-state index contributed by atoms with van der Waals surface area (Å²) in [5.74, 6) is -1.37. The van der Waals surface area contributed by atoms with Crippen LogP contribution in [0.5, 0.6) is 0 Å². The highest BCUT2D eigenvalue weighted by Gasteiger charge is 2.31. The molecule has 4 nitrogen and oxygen atoms in total. The highest BCUT2D eigenvalue weighted by molar-refractivity contribution is 5.84. The zero-order valence-corrected chi connectivity index (χ0v) is 11.2. The summed E-state index contributed by atoms with van der Waals surface area (Å²) >= 11 is 0. The van der Waals surface area contributed by atoms with E-state index < -0.39 is 12.0 Å². The molecular weight excluding hydrogens is 261 g/mol. The van der Waals surface area contributed by atoms with Gasteiger partial charge in [-0.3, -0.25) is 4.79 Å². The molecule has 1 aromatic rings. The van der Waals surface area contributed by atoms with E-state index in [0.29, 0.717) is 19.4 Å². The molecule has 1 fully saturated rings. The number of carbonyl (C=O) groups is 2. The summed E-state index contributed by atoms with van der Waals surface area (Å²) in [6, 6.07) is 5.33. The van der Waals surface area contributed by atoms with Gasteiger partial charge in [-0.2, -0.15) is 0 Å². The van der Waals surface area contributed by atoms with E-state index in [1.807, 2.05) is 0 Å². The van der Waals surface area contributed by atoms with Gasteiger partial charge >= 0.3 is 5.97 Å². The number of amides is 1. The largest absolute Gasteiger partial charge is 0.480 e. The van der Waals surface area contributed by atoms with Gasteiger partial charge in [0.25, 0.3) is 0 Å². The summed E-state index contributed by atoms with van der Waals surface area (Å²) in [6.45, 7) is 0.513. The van der Waals surface area contributed by atoms with Gasteiger partial charge in [-0.15, -0.1) is 0 Å². The molecule has 5 heteroatoms. The molecule has 1 aliphatic heterocycles. The number of piperidine rings is 1. The Morgan fingerprint density at radius 1 is 1.25 bits per heavy atom. The van der Waals surface area contributed by atoms with Crippen LogP contribution in [0.15, 0.2) is 24.3 Å². The number of nitrogens with zero attached hydrogens (tertiary/aromatic N) is 1. The lowest BCUT2D eigenvalue weighted by Crippen LogP contribution is -2.48. The Bertz CT molecular complexity index is 486. The minimum Gasteiger partial charge on any atom is -0.480 e. The molecule has 1 amide bonds. The molecule has 0 spiro atoms. The van der Waals surface area contributed by atoms with Crippen molar-refractivity contribution in [2.75, 3.05) is 6.54 Å². The number of halogens is 1. The molecule has 1 saturated heterocycles. The fraction of sp³-hybridized carbons (Fsp3) is 0.467. The van der Waals surface area contributed by atoms with E-state index in [1.54, 1.807) is 12.1 Å². The van der Waals surface area contributed by atoms with Gasteiger partial charge in [-0.25, -0.2) is 9.18 Å². The van der Waals surface area contributed by atoms with Gasteiger partial charge in [0.1, 0.15) is 11.9 Å². The van der Waals surface area contributed by atoms with Crippen LogP contribution >= 0.6 is 0 Å². The van der Waals surface area contributed by atoms with Gasteiger partial charge < -0.3 is 10.0 Å². The van der Waals surface area contributed by atoms with Crippen LogP contribution in [-0.2, 0) is 16.0 Å². The number of carbonyl (C=O) groups excluding carboxylic acids is 1. The van der Waals surface area contributed by atoms with Crippen molar-refractivity contribution >= 4 is 11.9 Å². The molecule has 108 valence electrons. The average molecular weight is 279 g/mol. The van der Waals surface area contributed by atoms with Gasteiger partial charge in [0, 0.05) is 13.0 Å². The van der Waals surface area contributed by atoms with E-state index in [4.69, 9.17) is 5.11 Å². The number of benzene rings is 1. The first kappa shape index (κ1) is 14.5. The quantitative estimate of drug-likeness (QED) is 0.919. The van der Waals surface area contributed by atoms with Crippen molar-refractivity contribution in [3.63, 3.8) is 0 Å².